The number of hydrogen-bond donors (Lipinski definition) is 2. The zero-order valence-corrected chi connectivity index (χ0v) is 13.1. The summed E-state index contributed by atoms with van der Waals surface area (Å²) in [6.07, 6.45) is 9.27. The average molecular weight is 267 g/mol. The highest BCUT2D eigenvalue weighted by Crippen LogP contribution is 2.53. The van der Waals surface area contributed by atoms with Crippen LogP contribution < -0.4 is 5.73 Å². The third kappa shape index (κ3) is 2.85. The van der Waals surface area contributed by atoms with Crippen LogP contribution in [-0.2, 0) is 0 Å². The van der Waals surface area contributed by atoms with E-state index >= 15 is 0 Å². The monoisotopic (exact) mass is 267 g/mol. The Kier molecular flexibility index (Phi) is 4.62. The van der Waals surface area contributed by atoms with E-state index in [4.69, 9.17) is 5.73 Å². The van der Waals surface area contributed by atoms with Crippen LogP contribution in [0, 0.1) is 23.2 Å². The molecule has 2 aliphatic carbocycles. The van der Waals surface area contributed by atoms with Crippen molar-refractivity contribution in [2.24, 2.45) is 28.9 Å². The second-order valence-electron chi connectivity index (χ2n) is 7.72. The second-order valence-corrected chi connectivity index (χ2v) is 7.72. The van der Waals surface area contributed by atoms with E-state index in [0.717, 1.165) is 31.6 Å². The van der Waals surface area contributed by atoms with E-state index in [0.29, 0.717) is 18.4 Å². The van der Waals surface area contributed by atoms with Gasteiger partial charge in [0, 0.05) is 12.0 Å². The highest BCUT2D eigenvalue weighted by atomic mass is 16.3. The van der Waals surface area contributed by atoms with Crippen LogP contribution in [-0.4, -0.2) is 17.3 Å². The van der Waals surface area contributed by atoms with Gasteiger partial charge in [-0.05, 0) is 62.7 Å². The molecule has 0 heterocycles. The SMILES string of the molecule is CCC1CCC(CN)(C2(O)CC(C)CC(C)C2)CC1. The molecule has 0 saturated heterocycles. The third-order valence-electron chi connectivity index (χ3n) is 6.19. The number of hydrogen-bond acceptors (Lipinski definition) is 2. The van der Waals surface area contributed by atoms with Gasteiger partial charge < -0.3 is 10.8 Å². The van der Waals surface area contributed by atoms with Crippen molar-refractivity contribution in [3.8, 4) is 0 Å². The summed E-state index contributed by atoms with van der Waals surface area (Å²) < 4.78 is 0. The first-order valence-electron chi connectivity index (χ1n) is 8.37. The Morgan fingerprint density at radius 3 is 2.05 bits per heavy atom. The van der Waals surface area contributed by atoms with Crippen molar-refractivity contribution in [1.82, 2.24) is 0 Å². The lowest BCUT2D eigenvalue weighted by atomic mass is 9.55. The van der Waals surface area contributed by atoms with Gasteiger partial charge >= 0.3 is 0 Å². The standard InChI is InChI=1S/C17H33NO/c1-4-15-5-7-16(12-18,8-6-15)17(19)10-13(2)9-14(3)11-17/h13-15,19H,4-12,18H2,1-3H3. The molecule has 19 heavy (non-hydrogen) atoms. The number of rotatable bonds is 3. The highest BCUT2D eigenvalue weighted by Gasteiger charge is 2.52. The lowest BCUT2D eigenvalue weighted by molar-refractivity contribution is -0.145. The molecule has 2 nitrogen and oxygen atoms in total. The molecule has 0 radical (unpaired) electrons. The Morgan fingerprint density at radius 2 is 1.63 bits per heavy atom. The fourth-order valence-electron chi connectivity index (χ4n) is 5.02. The normalized spacial score (nSPS) is 48.2. The van der Waals surface area contributed by atoms with Crippen molar-refractivity contribution in [3.05, 3.63) is 0 Å². The molecular formula is C17H33NO. The fourth-order valence-corrected chi connectivity index (χ4v) is 5.02. The van der Waals surface area contributed by atoms with Gasteiger partial charge in [-0.25, -0.2) is 0 Å². The quantitative estimate of drug-likeness (QED) is 0.818. The van der Waals surface area contributed by atoms with Gasteiger partial charge in [-0.2, -0.15) is 0 Å². The molecule has 2 heteroatoms. The van der Waals surface area contributed by atoms with Crippen LogP contribution in [0.5, 0.6) is 0 Å². The molecule has 0 amide bonds. The van der Waals surface area contributed by atoms with Crippen molar-refractivity contribution in [1.29, 1.82) is 0 Å². The highest BCUT2D eigenvalue weighted by molar-refractivity contribution is 5.04. The summed E-state index contributed by atoms with van der Waals surface area (Å²) in [4.78, 5) is 0. The Hall–Kier alpha value is -0.0800. The first kappa shape index (κ1) is 15.3. The Bertz CT molecular complexity index is 284. The van der Waals surface area contributed by atoms with E-state index in [1.807, 2.05) is 0 Å². The van der Waals surface area contributed by atoms with E-state index in [9.17, 15) is 5.11 Å². The molecule has 2 fully saturated rings. The summed E-state index contributed by atoms with van der Waals surface area (Å²) in [5.74, 6) is 2.14. The predicted octanol–water partition coefficient (Wildman–Crippen LogP) is 3.72. The van der Waals surface area contributed by atoms with Gasteiger partial charge in [0.1, 0.15) is 0 Å². The molecule has 112 valence electrons. The van der Waals surface area contributed by atoms with Crippen molar-refractivity contribution < 1.29 is 5.11 Å². The molecular weight excluding hydrogens is 234 g/mol. The van der Waals surface area contributed by atoms with Crippen LogP contribution in [0.4, 0.5) is 0 Å². The van der Waals surface area contributed by atoms with Crippen LogP contribution in [0.25, 0.3) is 0 Å². The largest absolute Gasteiger partial charge is 0.389 e. The Labute approximate surface area is 119 Å². The lowest BCUT2D eigenvalue weighted by Crippen LogP contribution is -2.57. The molecule has 0 aliphatic heterocycles. The lowest BCUT2D eigenvalue weighted by Gasteiger charge is -2.54. The summed E-state index contributed by atoms with van der Waals surface area (Å²) in [6, 6.07) is 0. The van der Waals surface area contributed by atoms with Crippen LogP contribution in [0.1, 0.15) is 72.1 Å². The fraction of sp³-hybridized carbons (Fsp3) is 1.00. The molecule has 2 aliphatic rings. The first-order valence-corrected chi connectivity index (χ1v) is 8.37. The molecule has 0 aromatic heterocycles. The average Bonchev–Trinajstić information content (AvgIpc) is 2.37. The smallest absolute Gasteiger partial charge is 0.0720 e. The van der Waals surface area contributed by atoms with Crippen LogP contribution >= 0.6 is 0 Å². The van der Waals surface area contributed by atoms with Gasteiger partial charge in [-0.3, -0.25) is 0 Å². The molecule has 2 saturated carbocycles. The van der Waals surface area contributed by atoms with Gasteiger partial charge in [0.05, 0.1) is 5.60 Å². The molecule has 0 aromatic carbocycles. The van der Waals surface area contributed by atoms with E-state index in [-0.39, 0.29) is 5.41 Å². The van der Waals surface area contributed by atoms with E-state index in [1.165, 1.54) is 25.7 Å². The second kappa shape index (κ2) is 5.73. The topological polar surface area (TPSA) is 46.2 Å². The maximum atomic E-state index is 11.4. The zero-order valence-electron chi connectivity index (χ0n) is 13.1. The molecule has 2 atom stereocenters. The predicted molar refractivity (Wildman–Crippen MR) is 80.9 cm³/mol. The Morgan fingerprint density at radius 1 is 1.11 bits per heavy atom. The molecule has 2 unspecified atom stereocenters. The van der Waals surface area contributed by atoms with Crippen molar-refractivity contribution >= 4 is 0 Å². The molecule has 0 spiro atoms. The van der Waals surface area contributed by atoms with Gasteiger partial charge in [0.2, 0.25) is 0 Å². The van der Waals surface area contributed by atoms with Crippen molar-refractivity contribution in [2.45, 2.75) is 77.7 Å². The molecule has 0 bridgehead atoms. The van der Waals surface area contributed by atoms with Crippen LogP contribution in [0.15, 0.2) is 0 Å². The van der Waals surface area contributed by atoms with Crippen molar-refractivity contribution in [2.75, 3.05) is 6.54 Å². The zero-order chi connectivity index (χ0) is 14.1. The molecule has 0 aromatic rings. The first-order chi connectivity index (χ1) is 8.94. The maximum Gasteiger partial charge on any atom is 0.0720 e. The minimum atomic E-state index is -0.502. The number of nitrogens with two attached hydrogens (primary N) is 1. The summed E-state index contributed by atoms with van der Waals surface area (Å²) in [7, 11) is 0. The molecule has 2 rings (SSSR count). The summed E-state index contributed by atoms with van der Waals surface area (Å²) in [5, 5.41) is 11.4. The van der Waals surface area contributed by atoms with E-state index in [1.54, 1.807) is 0 Å². The summed E-state index contributed by atoms with van der Waals surface area (Å²) >= 11 is 0. The van der Waals surface area contributed by atoms with Gasteiger partial charge in [0.25, 0.3) is 0 Å². The van der Waals surface area contributed by atoms with Gasteiger partial charge in [0.15, 0.2) is 0 Å². The van der Waals surface area contributed by atoms with Gasteiger partial charge in [-0.1, -0.05) is 27.2 Å². The van der Waals surface area contributed by atoms with Crippen LogP contribution in [0.3, 0.4) is 0 Å². The van der Waals surface area contributed by atoms with Gasteiger partial charge in [-0.15, -0.1) is 0 Å². The minimum Gasteiger partial charge on any atom is -0.389 e. The summed E-state index contributed by atoms with van der Waals surface area (Å²) in [5.41, 5.74) is 5.67. The number of aliphatic hydroxyl groups is 1. The van der Waals surface area contributed by atoms with E-state index < -0.39 is 5.60 Å². The maximum absolute atomic E-state index is 11.4. The summed E-state index contributed by atoms with van der Waals surface area (Å²) in [6.45, 7) is 7.55. The molecule has 3 N–H and O–H groups in total. The van der Waals surface area contributed by atoms with Crippen LogP contribution in [0.2, 0.25) is 0 Å². The Balaban J connectivity index is 2.16. The third-order valence-corrected chi connectivity index (χ3v) is 6.19. The van der Waals surface area contributed by atoms with E-state index in [2.05, 4.69) is 20.8 Å². The minimum absolute atomic E-state index is 0.00160. The van der Waals surface area contributed by atoms with Crippen molar-refractivity contribution in [3.63, 3.8) is 0 Å².